The van der Waals surface area contributed by atoms with Gasteiger partial charge in [-0.3, -0.25) is 9.36 Å². The summed E-state index contributed by atoms with van der Waals surface area (Å²) in [4.78, 5) is 20.8. The number of hydrogen-bond donors (Lipinski definition) is 1. The third-order valence-electron chi connectivity index (χ3n) is 5.42. The van der Waals surface area contributed by atoms with Gasteiger partial charge >= 0.3 is 0 Å². The number of benzene rings is 2. The summed E-state index contributed by atoms with van der Waals surface area (Å²) in [6.07, 6.45) is 2.14. The molecule has 2 aromatic carbocycles. The van der Waals surface area contributed by atoms with Gasteiger partial charge in [0.25, 0.3) is 5.56 Å². The first kappa shape index (κ1) is 19.3. The normalized spacial score (nSPS) is 16.5. The highest BCUT2D eigenvalue weighted by atomic mass is 35.5. The lowest BCUT2D eigenvalue weighted by Crippen LogP contribution is -2.22. The molecule has 0 aliphatic carbocycles. The van der Waals surface area contributed by atoms with Crippen LogP contribution in [0.5, 0.6) is 0 Å². The molecular formula is C23H20ClN3O2S. The fourth-order valence-electron chi connectivity index (χ4n) is 3.84. The molecule has 152 valence electrons. The molecule has 1 N–H and O–H groups in total. The van der Waals surface area contributed by atoms with Crippen LogP contribution in [0.3, 0.4) is 0 Å². The van der Waals surface area contributed by atoms with Crippen LogP contribution in [0.2, 0.25) is 5.02 Å². The van der Waals surface area contributed by atoms with E-state index in [9.17, 15) is 9.90 Å². The van der Waals surface area contributed by atoms with E-state index in [4.69, 9.17) is 11.6 Å². The third kappa shape index (κ3) is 3.74. The number of aliphatic hydroxyl groups excluding tert-OH is 1. The van der Waals surface area contributed by atoms with Crippen molar-refractivity contribution < 1.29 is 5.11 Å². The fourth-order valence-corrected chi connectivity index (χ4v) is 5.03. The predicted molar refractivity (Wildman–Crippen MR) is 123 cm³/mol. The van der Waals surface area contributed by atoms with Gasteiger partial charge in [-0.05, 0) is 47.9 Å². The van der Waals surface area contributed by atoms with Gasteiger partial charge in [-0.15, -0.1) is 11.3 Å². The molecular weight excluding hydrogens is 418 g/mol. The minimum atomic E-state index is -0.267. The van der Waals surface area contributed by atoms with Crippen molar-refractivity contribution in [3.05, 3.63) is 81.9 Å². The SMILES string of the molecule is O=c1c2sc(-c3ccc(Cl)cc3)cc2ncn1Cc1cccc(N2CC[C@@H](O)C2)c1. The Hall–Kier alpha value is -2.67. The van der Waals surface area contributed by atoms with Crippen LogP contribution in [0.1, 0.15) is 12.0 Å². The molecule has 0 radical (unpaired) electrons. The Bertz CT molecular complexity index is 1270. The topological polar surface area (TPSA) is 58.4 Å². The van der Waals surface area contributed by atoms with Crippen LogP contribution in [-0.2, 0) is 6.54 Å². The van der Waals surface area contributed by atoms with Crippen molar-refractivity contribution in [3.8, 4) is 10.4 Å². The summed E-state index contributed by atoms with van der Waals surface area (Å²) in [6, 6.07) is 17.7. The maximum atomic E-state index is 13.1. The number of hydrogen-bond acceptors (Lipinski definition) is 5. The second-order valence-corrected chi connectivity index (χ2v) is 9.06. The third-order valence-corrected chi connectivity index (χ3v) is 6.84. The van der Waals surface area contributed by atoms with Crippen LogP contribution in [0, 0.1) is 0 Å². The first-order valence-corrected chi connectivity index (χ1v) is 11.0. The zero-order valence-electron chi connectivity index (χ0n) is 16.2. The number of anilines is 1. The Balaban J connectivity index is 1.45. The van der Waals surface area contributed by atoms with Gasteiger partial charge in [0.05, 0.1) is 24.5 Å². The maximum Gasteiger partial charge on any atom is 0.271 e. The van der Waals surface area contributed by atoms with E-state index in [-0.39, 0.29) is 11.7 Å². The number of nitrogens with zero attached hydrogens (tertiary/aromatic N) is 3. The number of β-amino-alcohol motifs (C(OH)–C–C–N with tert-alkyl or cyclic N) is 1. The van der Waals surface area contributed by atoms with E-state index in [1.54, 1.807) is 10.9 Å². The summed E-state index contributed by atoms with van der Waals surface area (Å²) in [5.74, 6) is 0. The first-order chi connectivity index (χ1) is 14.6. The molecule has 1 atom stereocenters. The second-order valence-electron chi connectivity index (χ2n) is 7.57. The van der Waals surface area contributed by atoms with E-state index in [1.165, 1.54) is 11.3 Å². The van der Waals surface area contributed by atoms with Gasteiger partial charge < -0.3 is 10.0 Å². The van der Waals surface area contributed by atoms with E-state index in [0.29, 0.717) is 28.3 Å². The number of thiophene rings is 1. The van der Waals surface area contributed by atoms with Gasteiger partial charge in [-0.2, -0.15) is 0 Å². The first-order valence-electron chi connectivity index (χ1n) is 9.84. The number of halogens is 1. The summed E-state index contributed by atoms with van der Waals surface area (Å²) in [5, 5.41) is 10.5. The Labute approximate surface area is 182 Å². The average Bonchev–Trinajstić information content (AvgIpc) is 3.38. The second kappa shape index (κ2) is 7.87. The van der Waals surface area contributed by atoms with Gasteiger partial charge in [0.15, 0.2) is 0 Å². The maximum absolute atomic E-state index is 13.1. The van der Waals surface area contributed by atoms with E-state index in [1.807, 2.05) is 48.5 Å². The minimum absolute atomic E-state index is 0.0350. The smallest absolute Gasteiger partial charge is 0.271 e. The summed E-state index contributed by atoms with van der Waals surface area (Å²) < 4.78 is 2.31. The number of rotatable bonds is 4. The highest BCUT2D eigenvalue weighted by molar-refractivity contribution is 7.22. The lowest BCUT2D eigenvalue weighted by Gasteiger charge is -2.18. The van der Waals surface area contributed by atoms with Crippen molar-refractivity contribution in [2.45, 2.75) is 19.1 Å². The zero-order chi connectivity index (χ0) is 20.7. The number of aromatic nitrogens is 2. The van der Waals surface area contributed by atoms with Crippen molar-refractivity contribution in [1.82, 2.24) is 9.55 Å². The monoisotopic (exact) mass is 437 g/mol. The van der Waals surface area contributed by atoms with Gasteiger partial charge in [-0.1, -0.05) is 35.9 Å². The molecule has 30 heavy (non-hydrogen) atoms. The lowest BCUT2D eigenvalue weighted by atomic mass is 10.2. The molecule has 0 amide bonds. The highest BCUT2D eigenvalue weighted by Gasteiger charge is 2.20. The highest BCUT2D eigenvalue weighted by Crippen LogP contribution is 2.31. The van der Waals surface area contributed by atoms with Gasteiger partial charge in [0.1, 0.15) is 4.70 Å². The Kier molecular flexibility index (Phi) is 5.06. The van der Waals surface area contributed by atoms with Crippen LogP contribution in [0.25, 0.3) is 20.7 Å². The Morgan fingerprint density at radius 1 is 1.17 bits per heavy atom. The number of aliphatic hydroxyl groups is 1. The molecule has 1 fully saturated rings. The van der Waals surface area contributed by atoms with Crippen molar-refractivity contribution in [1.29, 1.82) is 0 Å². The van der Waals surface area contributed by atoms with Crippen molar-refractivity contribution in [2.75, 3.05) is 18.0 Å². The molecule has 0 saturated carbocycles. The largest absolute Gasteiger partial charge is 0.391 e. The molecule has 0 bridgehead atoms. The average molecular weight is 438 g/mol. The molecule has 0 unspecified atom stereocenters. The predicted octanol–water partition coefficient (Wildman–Crippen LogP) is 4.40. The molecule has 0 spiro atoms. The molecule has 7 heteroatoms. The van der Waals surface area contributed by atoms with Crippen LogP contribution in [-0.4, -0.2) is 33.9 Å². The zero-order valence-corrected chi connectivity index (χ0v) is 17.7. The Morgan fingerprint density at radius 3 is 2.77 bits per heavy atom. The molecule has 2 aromatic heterocycles. The fraction of sp³-hybridized carbons (Fsp3) is 0.217. The van der Waals surface area contributed by atoms with E-state index in [2.05, 4.69) is 16.0 Å². The molecule has 3 heterocycles. The van der Waals surface area contributed by atoms with Crippen molar-refractivity contribution in [2.24, 2.45) is 0 Å². The molecule has 5 nitrogen and oxygen atoms in total. The summed E-state index contributed by atoms with van der Waals surface area (Å²) in [6.45, 7) is 1.96. The van der Waals surface area contributed by atoms with Gasteiger partial charge in [0.2, 0.25) is 0 Å². The van der Waals surface area contributed by atoms with Crippen molar-refractivity contribution in [3.63, 3.8) is 0 Å². The summed E-state index contributed by atoms with van der Waals surface area (Å²) in [7, 11) is 0. The molecule has 1 aliphatic rings. The molecule has 4 aromatic rings. The van der Waals surface area contributed by atoms with Crippen LogP contribution < -0.4 is 10.5 Å². The molecule has 1 saturated heterocycles. The lowest BCUT2D eigenvalue weighted by molar-refractivity contribution is 0.198. The Morgan fingerprint density at radius 2 is 2.00 bits per heavy atom. The van der Waals surface area contributed by atoms with Crippen molar-refractivity contribution >= 4 is 38.8 Å². The van der Waals surface area contributed by atoms with Crippen LogP contribution >= 0.6 is 22.9 Å². The van der Waals surface area contributed by atoms with E-state index < -0.39 is 0 Å². The minimum Gasteiger partial charge on any atom is -0.391 e. The standard InChI is InChI=1S/C23H20ClN3O2S/c24-17-6-4-16(5-7-17)21-11-20-22(30-21)23(29)27(14-25-20)12-15-2-1-3-18(10-15)26-9-8-19(28)13-26/h1-7,10-11,14,19,28H,8-9,12-13H2/t19-/m1/s1. The molecule has 1 aliphatic heterocycles. The summed E-state index contributed by atoms with van der Waals surface area (Å²) in [5.41, 5.74) is 3.81. The van der Waals surface area contributed by atoms with E-state index in [0.717, 1.165) is 34.7 Å². The number of fused-ring (bicyclic) bond motifs is 1. The van der Waals surface area contributed by atoms with Gasteiger partial charge in [-0.25, -0.2) is 4.98 Å². The van der Waals surface area contributed by atoms with Crippen LogP contribution in [0.4, 0.5) is 5.69 Å². The van der Waals surface area contributed by atoms with Gasteiger partial charge in [0, 0.05) is 28.7 Å². The summed E-state index contributed by atoms with van der Waals surface area (Å²) >= 11 is 7.44. The quantitative estimate of drug-likeness (QED) is 0.514. The van der Waals surface area contributed by atoms with Crippen LogP contribution in [0.15, 0.2) is 65.7 Å². The molecule has 5 rings (SSSR count). The van der Waals surface area contributed by atoms with E-state index >= 15 is 0 Å².